The van der Waals surface area contributed by atoms with E-state index in [0.717, 1.165) is 25.7 Å². The van der Waals surface area contributed by atoms with Crippen LogP contribution in [0.25, 0.3) is 0 Å². The summed E-state index contributed by atoms with van der Waals surface area (Å²) in [5, 5.41) is 17.2. The monoisotopic (exact) mass is 282 g/mol. The minimum absolute atomic E-state index is 0.165. The maximum atomic E-state index is 11.1. The maximum absolute atomic E-state index is 11.1. The zero-order valence-corrected chi connectivity index (χ0v) is 12.3. The van der Waals surface area contributed by atoms with Gasteiger partial charge in [0.2, 0.25) is 11.8 Å². The van der Waals surface area contributed by atoms with Gasteiger partial charge in [-0.05, 0) is 32.1 Å². The smallest absolute Gasteiger partial charge is 0.303 e. The SMILES string of the molecule is COC(C)(C)c1nnc(CC2(CC(=O)O)CCCC2)o1. The van der Waals surface area contributed by atoms with Crippen LogP contribution in [0.4, 0.5) is 0 Å². The fourth-order valence-electron chi connectivity index (χ4n) is 2.84. The zero-order chi connectivity index (χ0) is 14.8. The molecule has 1 saturated carbocycles. The van der Waals surface area contributed by atoms with Crippen molar-refractivity contribution in [2.24, 2.45) is 5.41 Å². The zero-order valence-electron chi connectivity index (χ0n) is 12.3. The Morgan fingerprint density at radius 2 is 2.05 bits per heavy atom. The molecule has 0 saturated heterocycles. The molecule has 0 unspecified atom stereocenters. The number of hydrogen-bond donors (Lipinski definition) is 1. The van der Waals surface area contributed by atoms with E-state index in [9.17, 15) is 4.79 Å². The Hall–Kier alpha value is -1.43. The lowest BCUT2D eigenvalue weighted by atomic mass is 9.79. The highest BCUT2D eigenvalue weighted by atomic mass is 16.5. The van der Waals surface area contributed by atoms with Crippen LogP contribution >= 0.6 is 0 Å². The van der Waals surface area contributed by atoms with Crippen LogP contribution in [-0.2, 0) is 21.6 Å². The molecule has 6 heteroatoms. The number of aliphatic carboxylic acids is 1. The van der Waals surface area contributed by atoms with Crippen molar-refractivity contribution in [1.82, 2.24) is 10.2 Å². The molecule has 0 radical (unpaired) electrons. The highest BCUT2D eigenvalue weighted by molar-refractivity contribution is 5.67. The van der Waals surface area contributed by atoms with Gasteiger partial charge >= 0.3 is 5.97 Å². The third kappa shape index (κ3) is 3.17. The van der Waals surface area contributed by atoms with Gasteiger partial charge in [0.1, 0.15) is 5.60 Å². The van der Waals surface area contributed by atoms with Crippen LogP contribution in [0.2, 0.25) is 0 Å². The lowest BCUT2D eigenvalue weighted by Crippen LogP contribution is -2.24. The van der Waals surface area contributed by atoms with E-state index in [4.69, 9.17) is 14.3 Å². The van der Waals surface area contributed by atoms with Crippen molar-refractivity contribution in [3.63, 3.8) is 0 Å². The number of hydrogen-bond acceptors (Lipinski definition) is 5. The van der Waals surface area contributed by atoms with Crippen LogP contribution in [0.1, 0.15) is 57.7 Å². The molecule has 2 rings (SSSR count). The summed E-state index contributed by atoms with van der Waals surface area (Å²) in [6, 6.07) is 0. The first-order valence-corrected chi connectivity index (χ1v) is 6.97. The van der Waals surface area contributed by atoms with Gasteiger partial charge in [0.05, 0.1) is 6.42 Å². The number of methoxy groups -OCH3 is 1. The number of carbonyl (C=O) groups is 1. The highest BCUT2D eigenvalue weighted by Crippen LogP contribution is 2.43. The first kappa shape index (κ1) is 15.0. The third-order valence-corrected chi connectivity index (χ3v) is 4.21. The van der Waals surface area contributed by atoms with Gasteiger partial charge in [-0.15, -0.1) is 10.2 Å². The first-order chi connectivity index (χ1) is 9.37. The Bertz CT molecular complexity index is 475. The van der Waals surface area contributed by atoms with E-state index in [2.05, 4.69) is 10.2 Å². The Labute approximate surface area is 118 Å². The molecular weight excluding hydrogens is 260 g/mol. The lowest BCUT2D eigenvalue weighted by Gasteiger charge is -2.25. The van der Waals surface area contributed by atoms with E-state index < -0.39 is 11.6 Å². The molecule has 1 aromatic heterocycles. The van der Waals surface area contributed by atoms with Crippen molar-refractivity contribution in [1.29, 1.82) is 0 Å². The summed E-state index contributed by atoms with van der Waals surface area (Å²) in [7, 11) is 1.59. The van der Waals surface area contributed by atoms with Gasteiger partial charge in [0.25, 0.3) is 0 Å². The summed E-state index contributed by atoms with van der Waals surface area (Å²) >= 11 is 0. The van der Waals surface area contributed by atoms with Crippen molar-refractivity contribution in [2.45, 2.75) is 58.0 Å². The maximum Gasteiger partial charge on any atom is 0.303 e. The van der Waals surface area contributed by atoms with Crippen molar-refractivity contribution in [3.8, 4) is 0 Å². The molecule has 0 bridgehead atoms. The fourth-order valence-corrected chi connectivity index (χ4v) is 2.84. The Morgan fingerprint density at radius 3 is 2.60 bits per heavy atom. The summed E-state index contributed by atoms with van der Waals surface area (Å²) < 4.78 is 11.0. The van der Waals surface area contributed by atoms with E-state index in [1.807, 2.05) is 13.8 Å². The third-order valence-electron chi connectivity index (χ3n) is 4.21. The predicted molar refractivity (Wildman–Crippen MR) is 71.2 cm³/mol. The van der Waals surface area contributed by atoms with Crippen molar-refractivity contribution in [2.75, 3.05) is 7.11 Å². The molecule has 0 aliphatic heterocycles. The molecule has 0 amide bonds. The van der Waals surface area contributed by atoms with Crippen molar-refractivity contribution < 1.29 is 19.1 Å². The van der Waals surface area contributed by atoms with Crippen molar-refractivity contribution >= 4 is 5.97 Å². The molecule has 1 N–H and O–H groups in total. The lowest BCUT2D eigenvalue weighted by molar-refractivity contribution is -0.139. The Balaban J connectivity index is 2.14. The second-order valence-corrected chi connectivity index (χ2v) is 6.17. The van der Waals surface area contributed by atoms with Crippen LogP contribution in [0.3, 0.4) is 0 Å². The van der Waals surface area contributed by atoms with Crippen LogP contribution in [0, 0.1) is 5.41 Å². The molecule has 1 aliphatic rings. The summed E-state index contributed by atoms with van der Waals surface area (Å²) in [4.78, 5) is 11.1. The van der Waals surface area contributed by atoms with Crippen LogP contribution < -0.4 is 0 Å². The molecule has 0 atom stereocenters. The second kappa shape index (κ2) is 5.52. The van der Waals surface area contributed by atoms with Crippen molar-refractivity contribution in [3.05, 3.63) is 11.8 Å². The molecule has 6 nitrogen and oxygen atoms in total. The predicted octanol–water partition coefficient (Wildman–Crippen LogP) is 2.53. The van der Waals surface area contributed by atoms with Crippen LogP contribution in [-0.4, -0.2) is 28.4 Å². The van der Waals surface area contributed by atoms with E-state index >= 15 is 0 Å². The standard InChI is InChI=1S/C14H22N2O4/c1-13(2,19-3)12-16-15-10(20-12)8-14(9-11(17)18)6-4-5-7-14/h4-9H2,1-3H3,(H,17,18). The molecule has 1 aromatic rings. The highest BCUT2D eigenvalue weighted by Gasteiger charge is 2.38. The minimum Gasteiger partial charge on any atom is -0.481 e. The average Bonchev–Trinajstić information content (AvgIpc) is 2.99. The van der Waals surface area contributed by atoms with Crippen LogP contribution in [0.5, 0.6) is 0 Å². The molecular formula is C14H22N2O4. The second-order valence-electron chi connectivity index (χ2n) is 6.17. The largest absolute Gasteiger partial charge is 0.481 e. The molecule has 1 heterocycles. The van der Waals surface area contributed by atoms with E-state index in [1.54, 1.807) is 7.11 Å². The van der Waals surface area contributed by atoms with E-state index in [1.165, 1.54) is 0 Å². The van der Waals surface area contributed by atoms with Gasteiger partial charge in [0, 0.05) is 13.5 Å². The number of carboxylic acid groups (broad SMARTS) is 1. The van der Waals surface area contributed by atoms with Gasteiger partial charge in [-0.3, -0.25) is 4.79 Å². The Morgan fingerprint density at radius 1 is 1.40 bits per heavy atom. The molecule has 112 valence electrons. The van der Waals surface area contributed by atoms with Crippen LogP contribution in [0.15, 0.2) is 4.42 Å². The summed E-state index contributed by atoms with van der Waals surface area (Å²) in [6.45, 7) is 3.71. The summed E-state index contributed by atoms with van der Waals surface area (Å²) in [6.07, 6.45) is 4.65. The van der Waals surface area contributed by atoms with E-state index in [-0.39, 0.29) is 11.8 Å². The minimum atomic E-state index is -0.760. The summed E-state index contributed by atoms with van der Waals surface area (Å²) in [5.74, 6) is 0.176. The van der Waals surface area contributed by atoms with Gasteiger partial charge < -0.3 is 14.3 Å². The molecule has 1 aliphatic carbocycles. The number of carboxylic acids is 1. The molecule has 1 fully saturated rings. The molecule has 0 aromatic carbocycles. The average molecular weight is 282 g/mol. The molecule has 20 heavy (non-hydrogen) atoms. The van der Waals surface area contributed by atoms with Gasteiger partial charge in [-0.2, -0.15) is 0 Å². The number of aromatic nitrogens is 2. The van der Waals surface area contributed by atoms with Gasteiger partial charge in [-0.1, -0.05) is 12.8 Å². The fraction of sp³-hybridized carbons (Fsp3) is 0.786. The first-order valence-electron chi connectivity index (χ1n) is 6.97. The van der Waals surface area contributed by atoms with Gasteiger partial charge in [-0.25, -0.2) is 0 Å². The molecule has 0 spiro atoms. The summed E-state index contributed by atoms with van der Waals surface area (Å²) in [5.41, 5.74) is -0.853. The number of nitrogens with zero attached hydrogens (tertiary/aromatic N) is 2. The topological polar surface area (TPSA) is 85.5 Å². The normalized spacial score (nSPS) is 18.4. The number of ether oxygens (including phenoxy) is 1. The van der Waals surface area contributed by atoms with E-state index in [0.29, 0.717) is 18.2 Å². The quantitative estimate of drug-likeness (QED) is 0.863. The van der Waals surface area contributed by atoms with Gasteiger partial charge in [0.15, 0.2) is 0 Å². The Kier molecular flexibility index (Phi) is 4.13. The number of rotatable bonds is 6.